The van der Waals surface area contributed by atoms with E-state index in [1.54, 1.807) is 6.07 Å². The Morgan fingerprint density at radius 1 is 1.04 bits per heavy atom. The van der Waals surface area contributed by atoms with Crippen LogP contribution in [0.25, 0.3) is 0 Å². The minimum absolute atomic E-state index is 0.104. The molecule has 0 atom stereocenters. The molecule has 1 N–H and O–H groups in total. The highest BCUT2D eigenvalue weighted by Gasteiger charge is 2.17. The van der Waals surface area contributed by atoms with E-state index in [9.17, 15) is 14.9 Å². The second kappa shape index (κ2) is 8.51. The van der Waals surface area contributed by atoms with Gasteiger partial charge in [0.05, 0.1) is 10.5 Å². The van der Waals surface area contributed by atoms with Gasteiger partial charge in [-0.3, -0.25) is 14.9 Å². The Bertz CT molecular complexity index is 957. The van der Waals surface area contributed by atoms with Crippen molar-refractivity contribution in [3.63, 3.8) is 0 Å². The molecule has 0 bridgehead atoms. The van der Waals surface area contributed by atoms with Gasteiger partial charge in [-0.15, -0.1) is 0 Å². The first-order valence-corrected chi connectivity index (χ1v) is 9.19. The molecular formula is C21H18N2O3S. The van der Waals surface area contributed by atoms with E-state index in [-0.39, 0.29) is 11.6 Å². The maximum Gasteiger partial charge on any atom is 0.270 e. The highest BCUT2D eigenvalue weighted by molar-refractivity contribution is 7.99. The Labute approximate surface area is 161 Å². The average Bonchev–Trinajstić information content (AvgIpc) is 2.69. The van der Waals surface area contributed by atoms with Crippen LogP contribution in [0.2, 0.25) is 0 Å². The van der Waals surface area contributed by atoms with Crippen LogP contribution in [0.15, 0.2) is 82.6 Å². The number of amides is 1. The number of nitrogens with zero attached hydrogens (tertiary/aromatic N) is 1. The van der Waals surface area contributed by atoms with E-state index < -0.39 is 4.92 Å². The minimum Gasteiger partial charge on any atom is -0.348 e. The fraction of sp³-hybridized carbons (Fsp3) is 0.0952. The van der Waals surface area contributed by atoms with Gasteiger partial charge in [0.2, 0.25) is 0 Å². The molecule has 3 rings (SSSR count). The molecule has 0 saturated heterocycles. The van der Waals surface area contributed by atoms with Crippen molar-refractivity contribution in [2.45, 2.75) is 23.3 Å². The van der Waals surface area contributed by atoms with Crippen molar-refractivity contribution in [2.75, 3.05) is 0 Å². The van der Waals surface area contributed by atoms with Gasteiger partial charge in [-0.1, -0.05) is 59.8 Å². The summed E-state index contributed by atoms with van der Waals surface area (Å²) in [5, 5.41) is 14.0. The second-order valence-corrected chi connectivity index (χ2v) is 7.14. The normalized spacial score (nSPS) is 10.4. The maximum atomic E-state index is 12.7. The zero-order valence-corrected chi connectivity index (χ0v) is 15.5. The number of nitro groups is 1. The number of hydrogen-bond acceptors (Lipinski definition) is 4. The fourth-order valence-corrected chi connectivity index (χ4v) is 3.43. The van der Waals surface area contributed by atoms with E-state index in [4.69, 9.17) is 0 Å². The average molecular weight is 378 g/mol. The number of non-ortho nitro benzene ring substituents is 1. The summed E-state index contributed by atoms with van der Waals surface area (Å²) in [7, 11) is 0. The molecule has 0 aliphatic rings. The predicted molar refractivity (Wildman–Crippen MR) is 106 cm³/mol. The van der Waals surface area contributed by atoms with E-state index in [2.05, 4.69) is 5.32 Å². The Morgan fingerprint density at radius 3 is 2.41 bits per heavy atom. The van der Waals surface area contributed by atoms with E-state index >= 15 is 0 Å². The molecule has 0 fully saturated rings. The lowest BCUT2D eigenvalue weighted by Gasteiger charge is -2.10. The van der Waals surface area contributed by atoms with Crippen molar-refractivity contribution >= 4 is 23.4 Å². The van der Waals surface area contributed by atoms with Crippen LogP contribution in [0.4, 0.5) is 5.69 Å². The number of nitro benzene ring substituents is 1. The fourth-order valence-electron chi connectivity index (χ4n) is 2.50. The van der Waals surface area contributed by atoms with Crippen LogP contribution < -0.4 is 5.32 Å². The van der Waals surface area contributed by atoms with Gasteiger partial charge in [0.15, 0.2) is 0 Å². The van der Waals surface area contributed by atoms with Crippen molar-refractivity contribution in [1.82, 2.24) is 5.32 Å². The second-order valence-electron chi connectivity index (χ2n) is 6.02. The summed E-state index contributed by atoms with van der Waals surface area (Å²) in [5.74, 6) is -0.336. The van der Waals surface area contributed by atoms with Crippen LogP contribution >= 0.6 is 11.8 Å². The summed E-state index contributed by atoms with van der Waals surface area (Å²) in [6, 6.07) is 21.8. The summed E-state index contributed by atoms with van der Waals surface area (Å²) >= 11 is 1.41. The van der Waals surface area contributed by atoms with Gasteiger partial charge in [0, 0.05) is 28.5 Å². The summed E-state index contributed by atoms with van der Waals surface area (Å²) in [4.78, 5) is 25.0. The first kappa shape index (κ1) is 18.7. The van der Waals surface area contributed by atoms with Crippen LogP contribution in [0.1, 0.15) is 21.5 Å². The molecule has 0 saturated carbocycles. The van der Waals surface area contributed by atoms with Gasteiger partial charge >= 0.3 is 0 Å². The molecule has 3 aromatic rings. The summed E-state index contributed by atoms with van der Waals surface area (Å²) in [6.45, 7) is 2.36. The molecule has 1 amide bonds. The first-order chi connectivity index (χ1) is 13.0. The molecule has 0 spiro atoms. The van der Waals surface area contributed by atoms with Crippen LogP contribution in [0.3, 0.4) is 0 Å². The smallest absolute Gasteiger partial charge is 0.270 e. The van der Waals surface area contributed by atoms with Crippen molar-refractivity contribution in [3.05, 3.63) is 99.6 Å². The van der Waals surface area contributed by atoms with Crippen LogP contribution in [-0.2, 0) is 6.54 Å². The standard InChI is InChI=1S/C21H18N2O3S/c1-15-7-10-18(11-8-15)27-20-12-9-17(23(25)26)13-19(20)21(24)22-14-16-5-3-2-4-6-16/h2-13H,14H2,1H3,(H,22,24). The zero-order valence-electron chi connectivity index (χ0n) is 14.7. The topological polar surface area (TPSA) is 72.2 Å². The van der Waals surface area contributed by atoms with Crippen molar-refractivity contribution < 1.29 is 9.72 Å². The largest absolute Gasteiger partial charge is 0.348 e. The van der Waals surface area contributed by atoms with Crippen LogP contribution in [0.5, 0.6) is 0 Å². The van der Waals surface area contributed by atoms with Gasteiger partial charge < -0.3 is 5.32 Å². The molecule has 3 aromatic carbocycles. The van der Waals surface area contributed by atoms with Gasteiger partial charge in [0.25, 0.3) is 11.6 Å². The van der Waals surface area contributed by atoms with Gasteiger partial charge in [0.1, 0.15) is 0 Å². The first-order valence-electron chi connectivity index (χ1n) is 8.38. The third kappa shape index (κ3) is 4.95. The Hall–Kier alpha value is -3.12. The van der Waals surface area contributed by atoms with Crippen LogP contribution in [-0.4, -0.2) is 10.8 Å². The SMILES string of the molecule is Cc1ccc(Sc2ccc([N+](=O)[O-])cc2C(=O)NCc2ccccc2)cc1. The number of rotatable bonds is 6. The molecule has 136 valence electrons. The highest BCUT2D eigenvalue weighted by atomic mass is 32.2. The maximum absolute atomic E-state index is 12.7. The predicted octanol–water partition coefficient (Wildman–Crippen LogP) is 4.98. The third-order valence-electron chi connectivity index (χ3n) is 3.96. The van der Waals surface area contributed by atoms with E-state index in [0.29, 0.717) is 17.0 Å². The van der Waals surface area contributed by atoms with Crippen molar-refractivity contribution in [2.24, 2.45) is 0 Å². The van der Waals surface area contributed by atoms with Gasteiger partial charge in [-0.05, 0) is 30.7 Å². The number of carbonyl (C=O) groups is 1. The number of carbonyl (C=O) groups excluding carboxylic acids is 1. The van der Waals surface area contributed by atoms with Gasteiger partial charge in [-0.25, -0.2) is 0 Å². The summed E-state index contributed by atoms with van der Waals surface area (Å²) in [6.07, 6.45) is 0. The quantitative estimate of drug-likeness (QED) is 0.485. The van der Waals surface area contributed by atoms with E-state index in [1.165, 1.54) is 23.9 Å². The molecule has 0 heterocycles. The zero-order chi connectivity index (χ0) is 19.2. The van der Waals surface area contributed by atoms with Gasteiger partial charge in [-0.2, -0.15) is 0 Å². The molecule has 0 aliphatic carbocycles. The Morgan fingerprint density at radius 2 is 1.74 bits per heavy atom. The molecule has 0 aromatic heterocycles. The molecule has 0 aliphatic heterocycles. The molecule has 6 heteroatoms. The number of benzene rings is 3. The minimum atomic E-state index is -0.492. The van der Waals surface area contributed by atoms with E-state index in [1.807, 2.05) is 61.5 Å². The summed E-state index contributed by atoms with van der Waals surface area (Å²) in [5.41, 5.74) is 2.30. The number of nitrogens with one attached hydrogen (secondary N) is 1. The Kier molecular flexibility index (Phi) is 5.88. The lowest BCUT2D eigenvalue weighted by atomic mass is 10.1. The van der Waals surface area contributed by atoms with Crippen LogP contribution in [0, 0.1) is 17.0 Å². The van der Waals surface area contributed by atoms with E-state index in [0.717, 1.165) is 16.0 Å². The van der Waals surface area contributed by atoms with Crippen molar-refractivity contribution in [3.8, 4) is 0 Å². The summed E-state index contributed by atoms with van der Waals surface area (Å²) < 4.78 is 0. The third-order valence-corrected chi connectivity index (χ3v) is 5.05. The highest BCUT2D eigenvalue weighted by Crippen LogP contribution is 2.32. The lowest BCUT2D eigenvalue weighted by molar-refractivity contribution is -0.384. The Balaban J connectivity index is 1.85. The molecule has 5 nitrogen and oxygen atoms in total. The molecule has 27 heavy (non-hydrogen) atoms. The van der Waals surface area contributed by atoms with Crippen molar-refractivity contribution in [1.29, 1.82) is 0 Å². The molecular weight excluding hydrogens is 360 g/mol. The molecule has 0 radical (unpaired) electrons. The number of aryl methyl sites for hydroxylation is 1. The lowest BCUT2D eigenvalue weighted by Crippen LogP contribution is -2.23. The number of hydrogen-bond donors (Lipinski definition) is 1. The monoisotopic (exact) mass is 378 g/mol. The molecule has 0 unspecified atom stereocenters.